The number of likely N-dealkylation sites (tertiary alicyclic amines) is 1. The van der Waals surface area contributed by atoms with Gasteiger partial charge in [0.1, 0.15) is 5.60 Å². The van der Waals surface area contributed by atoms with Gasteiger partial charge < -0.3 is 20.1 Å². The summed E-state index contributed by atoms with van der Waals surface area (Å²) < 4.78 is 5.67. The molecule has 0 bridgehead atoms. The van der Waals surface area contributed by atoms with Crippen LogP contribution in [-0.4, -0.2) is 54.0 Å². The minimum atomic E-state index is -0.312. The first kappa shape index (κ1) is 12.6. The Morgan fingerprint density at radius 3 is 2.76 bits per heavy atom. The Bertz CT molecular complexity index is 269. The molecule has 2 N–H and O–H groups in total. The van der Waals surface area contributed by atoms with Crippen molar-refractivity contribution in [2.75, 3.05) is 26.2 Å². The molecular weight excluding hydrogens is 220 g/mol. The van der Waals surface area contributed by atoms with E-state index in [2.05, 4.69) is 12.2 Å². The maximum absolute atomic E-state index is 12.0. The van der Waals surface area contributed by atoms with Crippen LogP contribution < -0.4 is 5.32 Å². The summed E-state index contributed by atoms with van der Waals surface area (Å²) in [5.74, 6) is 0. The SMILES string of the molecule is CCC1(OC(=O)N2CCC(O)CC2)CCNC1. The molecule has 2 rings (SSSR count). The Hall–Kier alpha value is -0.810. The standard InChI is InChI=1S/C12H22N2O3/c1-2-12(5-6-13-9-12)17-11(16)14-7-3-10(15)4-8-14/h10,13,15H,2-9H2,1H3. The first-order valence-electron chi connectivity index (χ1n) is 6.52. The number of carbonyl (C=O) groups is 1. The minimum Gasteiger partial charge on any atom is -0.441 e. The second-order valence-corrected chi connectivity index (χ2v) is 5.05. The lowest BCUT2D eigenvalue weighted by Crippen LogP contribution is -2.45. The largest absolute Gasteiger partial charge is 0.441 e. The molecule has 2 aliphatic rings. The summed E-state index contributed by atoms with van der Waals surface area (Å²) in [5, 5.41) is 12.6. The van der Waals surface area contributed by atoms with E-state index in [9.17, 15) is 9.90 Å². The maximum Gasteiger partial charge on any atom is 0.410 e. The number of ether oxygens (including phenoxy) is 1. The van der Waals surface area contributed by atoms with Crippen molar-refractivity contribution in [2.45, 2.75) is 44.3 Å². The molecule has 0 spiro atoms. The van der Waals surface area contributed by atoms with Crippen molar-refractivity contribution < 1.29 is 14.6 Å². The summed E-state index contributed by atoms with van der Waals surface area (Å²) in [6, 6.07) is 0. The molecule has 17 heavy (non-hydrogen) atoms. The predicted octanol–water partition coefficient (Wildman–Crippen LogP) is 0.722. The zero-order valence-electron chi connectivity index (χ0n) is 10.4. The first-order chi connectivity index (χ1) is 8.15. The van der Waals surface area contributed by atoms with Crippen molar-refractivity contribution >= 4 is 6.09 Å². The Morgan fingerprint density at radius 2 is 2.24 bits per heavy atom. The second kappa shape index (κ2) is 5.23. The highest BCUT2D eigenvalue weighted by molar-refractivity contribution is 5.68. The zero-order chi connectivity index (χ0) is 12.3. The van der Waals surface area contributed by atoms with Crippen molar-refractivity contribution in [3.05, 3.63) is 0 Å². The van der Waals surface area contributed by atoms with E-state index in [4.69, 9.17) is 4.74 Å². The van der Waals surface area contributed by atoms with Gasteiger partial charge in [-0.25, -0.2) is 4.79 Å². The number of aliphatic hydroxyl groups excluding tert-OH is 1. The van der Waals surface area contributed by atoms with Gasteiger partial charge in [0.15, 0.2) is 0 Å². The van der Waals surface area contributed by atoms with Crippen molar-refractivity contribution in [2.24, 2.45) is 0 Å². The molecule has 0 aromatic heterocycles. The summed E-state index contributed by atoms with van der Waals surface area (Å²) in [6.45, 7) is 4.94. The van der Waals surface area contributed by atoms with Crippen LogP contribution in [0.3, 0.4) is 0 Å². The molecule has 2 aliphatic heterocycles. The van der Waals surface area contributed by atoms with Crippen LogP contribution in [0.5, 0.6) is 0 Å². The van der Waals surface area contributed by atoms with E-state index in [-0.39, 0.29) is 17.8 Å². The molecule has 98 valence electrons. The van der Waals surface area contributed by atoms with Crippen molar-refractivity contribution in [1.29, 1.82) is 0 Å². The highest BCUT2D eigenvalue weighted by atomic mass is 16.6. The van der Waals surface area contributed by atoms with Crippen LogP contribution in [0.1, 0.15) is 32.6 Å². The highest BCUT2D eigenvalue weighted by Crippen LogP contribution is 2.25. The van der Waals surface area contributed by atoms with Gasteiger partial charge in [-0.15, -0.1) is 0 Å². The molecule has 1 unspecified atom stereocenters. The number of amides is 1. The molecular formula is C12H22N2O3. The molecule has 5 nitrogen and oxygen atoms in total. The van der Waals surface area contributed by atoms with Gasteiger partial charge in [0.25, 0.3) is 0 Å². The normalized spacial score (nSPS) is 30.6. The average molecular weight is 242 g/mol. The van der Waals surface area contributed by atoms with Crippen molar-refractivity contribution in [3.63, 3.8) is 0 Å². The van der Waals surface area contributed by atoms with Crippen LogP contribution in [0.25, 0.3) is 0 Å². The summed E-state index contributed by atoms with van der Waals surface area (Å²) in [6.07, 6.45) is 2.59. The Morgan fingerprint density at radius 1 is 1.53 bits per heavy atom. The van der Waals surface area contributed by atoms with Gasteiger partial charge in [-0.1, -0.05) is 6.92 Å². The van der Waals surface area contributed by atoms with Crippen LogP contribution in [0.4, 0.5) is 4.79 Å². The summed E-state index contributed by atoms with van der Waals surface area (Å²) in [7, 11) is 0. The molecule has 2 heterocycles. The van der Waals surface area contributed by atoms with Gasteiger partial charge >= 0.3 is 6.09 Å². The van der Waals surface area contributed by atoms with Gasteiger partial charge in [-0.05, 0) is 25.8 Å². The summed E-state index contributed by atoms with van der Waals surface area (Å²) >= 11 is 0. The number of rotatable bonds is 2. The van der Waals surface area contributed by atoms with Gasteiger partial charge in [-0.2, -0.15) is 0 Å². The fraction of sp³-hybridized carbons (Fsp3) is 0.917. The molecule has 0 aliphatic carbocycles. The van der Waals surface area contributed by atoms with Crippen molar-refractivity contribution in [3.8, 4) is 0 Å². The molecule has 2 fully saturated rings. The van der Waals surface area contributed by atoms with Gasteiger partial charge in [0.2, 0.25) is 0 Å². The third kappa shape index (κ3) is 2.90. The fourth-order valence-corrected chi connectivity index (χ4v) is 2.48. The van der Waals surface area contributed by atoms with Gasteiger partial charge in [-0.3, -0.25) is 0 Å². The van der Waals surface area contributed by atoms with Crippen LogP contribution in [-0.2, 0) is 4.74 Å². The van der Waals surface area contributed by atoms with E-state index >= 15 is 0 Å². The van der Waals surface area contributed by atoms with E-state index < -0.39 is 0 Å². The molecule has 0 aromatic carbocycles. The third-order valence-electron chi connectivity index (χ3n) is 3.88. The van der Waals surface area contributed by atoms with E-state index in [1.54, 1.807) is 4.90 Å². The zero-order valence-corrected chi connectivity index (χ0v) is 10.4. The number of hydrogen-bond donors (Lipinski definition) is 2. The number of piperidine rings is 1. The van der Waals surface area contributed by atoms with Crippen LogP contribution in [0.2, 0.25) is 0 Å². The summed E-state index contributed by atoms with van der Waals surface area (Å²) in [5.41, 5.74) is -0.312. The monoisotopic (exact) mass is 242 g/mol. The maximum atomic E-state index is 12.0. The lowest BCUT2D eigenvalue weighted by Gasteiger charge is -2.33. The average Bonchev–Trinajstić information content (AvgIpc) is 2.79. The number of nitrogens with zero attached hydrogens (tertiary/aromatic N) is 1. The van der Waals surface area contributed by atoms with E-state index in [0.29, 0.717) is 25.9 Å². The number of hydrogen-bond acceptors (Lipinski definition) is 4. The lowest BCUT2D eigenvalue weighted by molar-refractivity contribution is -0.01000. The van der Waals surface area contributed by atoms with Crippen LogP contribution in [0, 0.1) is 0 Å². The number of carbonyl (C=O) groups excluding carboxylic acids is 1. The predicted molar refractivity (Wildman–Crippen MR) is 63.8 cm³/mol. The minimum absolute atomic E-state index is 0.220. The molecule has 5 heteroatoms. The third-order valence-corrected chi connectivity index (χ3v) is 3.88. The fourth-order valence-electron chi connectivity index (χ4n) is 2.48. The molecule has 1 atom stereocenters. The van der Waals surface area contributed by atoms with Crippen molar-refractivity contribution in [1.82, 2.24) is 10.2 Å². The molecule has 0 saturated carbocycles. The van der Waals surface area contributed by atoms with Gasteiger partial charge in [0, 0.05) is 26.1 Å². The van der Waals surface area contributed by atoms with E-state index in [1.165, 1.54) is 0 Å². The molecule has 0 aromatic rings. The van der Waals surface area contributed by atoms with E-state index in [1.807, 2.05) is 0 Å². The topological polar surface area (TPSA) is 61.8 Å². The van der Waals surface area contributed by atoms with E-state index in [0.717, 1.165) is 25.9 Å². The lowest BCUT2D eigenvalue weighted by atomic mass is 10.00. The Labute approximate surface area is 102 Å². The molecule has 1 amide bonds. The number of aliphatic hydroxyl groups is 1. The number of nitrogens with one attached hydrogen (secondary N) is 1. The first-order valence-corrected chi connectivity index (χ1v) is 6.52. The Kier molecular flexibility index (Phi) is 3.89. The summed E-state index contributed by atoms with van der Waals surface area (Å²) in [4.78, 5) is 13.7. The van der Waals surface area contributed by atoms with Crippen LogP contribution in [0.15, 0.2) is 0 Å². The highest BCUT2D eigenvalue weighted by Gasteiger charge is 2.37. The van der Waals surface area contributed by atoms with Gasteiger partial charge in [0.05, 0.1) is 6.10 Å². The Balaban J connectivity index is 1.87. The molecule has 0 radical (unpaired) electrons. The van der Waals surface area contributed by atoms with Crippen LogP contribution >= 0.6 is 0 Å². The second-order valence-electron chi connectivity index (χ2n) is 5.05. The smallest absolute Gasteiger partial charge is 0.410 e. The quantitative estimate of drug-likeness (QED) is 0.749. The molecule has 2 saturated heterocycles.